The van der Waals surface area contributed by atoms with E-state index in [4.69, 9.17) is 0 Å². The normalized spacial score (nSPS) is 16.2. The number of carbonyl (C=O) groups excluding carboxylic acids is 2. The zero-order valence-corrected chi connectivity index (χ0v) is 18.9. The Morgan fingerprint density at radius 1 is 1.12 bits per heavy atom. The molecule has 2 aliphatic heterocycles. The van der Waals surface area contributed by atoms with Gasteiger partial charge in [-0.2, -0.15) is 0 Å². The van der Waals surface area contributed by atoms with Crippen LogP contribution in [0.2, 0.25) is 0 Å². The Morgan fingerprint density at radius 3 is 2.61 bits per heavy atom. The fourth-order valence-corrected chi connectivity index (χ4v) is 4.86. The first-order chi connectivity index (χ1) is 15.9. The number of nitrogens with zero attached hydrogens (tertiary/aromatic N) is 3. The predicted molar refractivity (Wildman–Crippen MR) is 130 cm³/mol. The molecule has 2 heterocycles. The summed E-state index contributed by atoms with van der Waals surface area (Å²) in [7, 11) is 0. The second-order valence-corrected chi connectivity index (χ2v) is 9.03. The molecular weight excluding hydrogens is 414 g/mol. The number of anilines is 1. The number of likely N-dealkylation sites (tertiary alicyclic amines) is 1. The SMILES string of the molecule is C=CC(=O)N1CC(N2Cc3ccc(-c4cc(O)cc5ccccc45)cc3N(C(C)C)C2=O)C1. The number of phenols is 1. The molecule has 0 unspecified atom stereocenters. The molecular formula is C27H27N3O3. The van der Waals surface area contributed by atoms with Crippen LogP contribution in [0.4, 0.5) is 10.5 Å². The molecule has 3 aromatic carbocycles. The summed E-state index contributed by atoms with van der Waals surface area (Å²) in [5, 5.41) is 12.3. The van der Waals surface area contributed by atoms with E-state index in [-0.39, 0.29) is 29.8 Å². The Morgan fingerprint density at radius 2 is 1.88 bits per heavy atom. The van der Waals surface area contributed by atoms with Crippen LogP contribution in [0.5, 0.6) is 5.75 Å². The summed E-state index contributed by atoms with van der Waals surface area (Å²) >= 11 is 0. The van der Waals surface area contributed by atoms with E-state index in [0.29, 0.717) is 19.6 Å². The van der Waals surface area contributed by atoms with Crippen molar-refractivity contribution in [1.29, 1.82) is 0 Å². The van der Waals surface area contributed by atoms with Gasteiger partial charge >= 0.3 is 6.03 Å². The third kappa shape index (κ3) is 3.52. The largest absolute Gasteiger partial charge is 0.508 e. The predicted octanol–water partition coefficient (Wildman–Crippen LogP) is 4.76. The first kappa shape index (κ1) is 21.1. The second-order valence-electron chi connectivity index (χ2n) is 9.03. The minimum atomic E-state index is -0.0974. The average molecular weight is 442 g/mol. The van der Waals surface area contributed by atoms with Gasteiger partial charge in [0.2, 0.25) is 5.91 Å². The molecule has 0 bridgehead atoms. The lowest BCUT2D eigenvalue weighted by Crippen LogP contribution is -2.65. The van der Waals surface area contributed by atoms with Crippen molar-refractivity contribution >= 4 is 28.4 Å². The average Bonchev–Trinajstić information content (AvgIpc) is 2.77. The van der Waals surface area contributed by atoms with E-state index in [1.165, 1.54) is 6.08 Å². The van der Waals surface area contributed by atoms with Gasteiger partial charge in [0.1, 0.15) is 5.75 Å². The molecule has 6 heteroatoms. The zero-order valence-electron chi connectivity index (χ0n) is 18.9. The molecule has 2 aliphatic rings. The number of hydrogen-bond acceptors (Lipinski definition) is 3. The highest BCUT2D eigenvalue weighted by molar-refractivity contribution is 6.01. The Bertz CT molecular complexity index is 1280. The van der Waals surface area contributed by atoms with E-state index in [1.807, 2.05) is 47.9 Å². The maximum atomic E-state index is 13.5. The Labute approximate surface area is 193 Å². The third-order valence-electron chi connectivity index (χ3n) is 6.60. The van der Waals surface area contributed by atoms with Crippen LogP contribution in [0.1, 0.15) is 19.4 Å². The van der Waals surface area contributed by atoms with Crippen LogP contribution in [0.15, 0.2) is 67.3 Å². The molecule has 6 nitrogen and oxygen atoms in total. The van der Waals surface area contributed by atoms with Gasteiger partial charge in [-0.3, -0.25) is 9.69 Å². The van der Waals surface area contributed by atoms with Crippen LogP contribution in [-0.4, -0.2) is 52.0 Å². The highest BCUT2D eigenvalue weighted by atomic mass is 16.3. The molecule has 5 rings (SSSR count). The lowest BCUT2D eigenvalue weighted by molar-refractivity contribution is -0.132. The van der Waals surface area contributed by atoms with Gasteiger partial charge in [-0.05, 0) is 65.6 Å². The standard InChI is InChI=1S/C27H27N3O3/c1-4-26(32)28-15-21(16-28)29-14-20-10-9-19(12-25(20)30(17(2)3)27(29)33)24-13-22(31)11-18-7-5-6-8-23(18)24/h4-13,17,21,31H,1,14-16H2,2-3H3. The Kier molecular flexibility index (Phi) is 5.08. The molecule has 3 amide bonds. The lowest BCUT2D eigenvalue weighted by atomic mass is 9.94. The molecule has 0 atom stereocenters. The number of aromatic hydroxyl groups is 1. The Balaban J connectivity index is 1.53. The molecule has 1 N–H and O–H groups in total. The van der Waals surface area contributed by atoms with Crippen molar-refractivity contribution in [2.45, 2.75) is 32.5 Å². The molecule has 0 saturated carbocycles. The summed E-state index contributed by atoms with van der Waals surface area (Å²) < 4.78 is 0. The van der Waals surface area contributed by atoms with E-state index < -0.39 is 0 Å². The number of carbonyl (C=O) groups is 2. The van der Waals surface area contributed by atoms with E-state index in [1.54, 1.807) is 17.0 Å². The number of fused-ring (bicyclic) bond motifs is 2. The molecule has 0 radical (unpaired) electrons. The molecule has 1 fully saturated rings. The first-order valence-corrected chi connectivity index (χ1v) is 11.2. The third-order valence-corrected chi connectivity index (χ3v) is 6.60. The molecule has 33 heavy (non-hydrogen) atoms. The van der Waals surface area contributed by atoms with E-state index in [9.17, 15) is 14.7 Å². The van der Waals surface area contributed by atoms with Crippen molar-refractivity contribution in [3.8, 4) is 16.9 Å². The highest BCUT2D eigenvalue weighted by Gasteiger charge is 2.41. The number of amides is 3. The highest BCUT2D eigenvalue weighted by Crippen LogP contribution is 2.39. The minimum absolute atomic E-state index is 0.00508. The van der Waals surface area contributed by atoms with Crippen molar-refractivity contribution in [2.24, 2.45) is 0 Å². The van der Waals surface area contributed by atoms with Gasteiger partial charge in [-0.15, -0.1) is 0 Å². The fraction of sp³-hybridized carbons (Fsp3) is 0.259. The van der Waals surface area contributed by atoms with Gasteiger partial charge in [-0.25, -0.2) is 4.79 Å². The maximum Gasteiger partial charge on any atom is 0.325 e. The smallest absolute Gasteiger partial charge is 0.325 e. The van der Waals surface area contributed by atoms with Gasteiger partial charge in [-0.1, -0.05) is 43.0 Å². The van der Waals surface area contributed by atoms with Crippen LogP contribution in [0.25, 0.3) is 21.9 Å². The van der Waals surface area contributed by atoms with Crippen molar-refractivity contribution in [3.05, 3.63) is 72.8 Å². The lowest BCUT2D eigenvalue weighted by Gasteiger charge is -2.49. The number of hydrogen-bond donors (Lipinski definition) is 1. The zero-order chi connectivity index (χ0) is 23.3. The molecule has 0 aromatic heterocycles. The summed E-state index contributed by atoms with van der Waals surface area (Å²) in [6.07, 6.45) is 1.32. The summed E-state index contributed by atoms with van der Waals surface area (Å²) in [6, 6.07) is 17.6. The van der Waals surface area contributed by atoms with Crippen LogP contribution in [-0.2, 0) is 11.3 Å². The van der Waals surface area contributed by atoms with Crippen LogP contribution >= 0.6 is 0 Å². The number of benzene rings is 3. The van der Waals surface area contributed by atoms with Crippen molar-refractivity contribution in [1.82, 2.24) is 9.80 Å². The van der Waals surface area contributed by atoms with Gasteiger partial charge in [0, 0.05) is 25.7 Å². The summed E-state index contributed by atoms with van der Waals surface area (Å²) in [4.78, 5) is 30.8. The summed E-state index contributed by atoms with van der Waals surface area (Å²) in [5.74, 6) is 0.118. The topological polar surface area (TPSA) is 64.1 Å². The Hall–Kier alpha value is -3.80. The number of urea groups is 1. The van der Waals surface area contributed by atoms with Crippen molar-refractivity contribution in [2.75, 3.05) is 18.0 Å². The first-order valence-electron chi connectivity index (χ1n) is 11.2. The second kappa shape index (κ2) is 7.96. The molecule has 168 valence electrons. The van der Waals surface area contributed by atoms with Crippen molar-refractivity contribution in [3.63, 3.8) is 0 Å². The molecule has 0 spiro atoms. The van der Waals surface area contributed by atoms with Gasteiger partial charge < -0.3 is 14.9 Å². The van der Waals surface area contributed by atoms with E-state index >= 15 is 0 Å². The maximum absolute atomic E-state index is 13.5. The van der Waals surface area contributed by atoms with E-state index in [0.717, 1.165) is 33.2 Å². The van der Waals surface area contributed by atoms with Crippen molar-refractivity contribution < 1.29 is 14.7 Å². The monoisotopic (exact) mass is 441 g/mol. The summed E-state index contributed by atoms with van der Waals surface area (Å²) in [5.41, 5.74) is 3.86. The summed E-state index contributed by atoms with van der Waals surface area (Å²) in [6.45, 7) is 9.14. The number of rotatable bonds is 4. The van der Waals surface area contributed by atoms with Gasteiger partial charge in [0.05, 0.1) is 11.7 Å². The fourth-order valence-electron chi connectivity index (χ4n) is 4.86. The van der Waals surface area contributed by atoms with Gasteiger partial charge in [0.25, 0.3) is 0 Å². The quantitative estimate of drug-likeness (QED) is 0.594. The number of phenolic OH excluding ortho intramolecular Hbond substituents is 1. The van der Waals surface area contributed by atoms with E-state index in [2.05, 4.69) is 24.8 Å². The molecule has 3 aromatic rings. The van der Waals surface area contributed by atoms with Crippen LogP contribution < -0.4 is 4.90 Å². The minimum Gasteiger partial charge on any atom is -0.508 e. The molecule has 0 aliphatic carbocycles. The van der Waals surface area contributed by atoms with Gasteiger partial charge in [0.15, 0.2) is 0 Å². The van der Waals surface area contributed by atoms with Crippen LogP contribution in [0, 0.1) is 0 Å². The van der Waals surface area contributed by atoms with Crippen LogP contribution in [0.3, 0.4) is 0 Å². The molecule has 1 saturated heterocycles.